The maximum atomic E-state index is 13.1. The Labute approximate surface area is 209 Å². The van der Waals surface area contributed by atoms with Crippen LogP contribution in [0, 0.1) is 24.2 Å². The van der Waals surface area contributed by atoms with Gasteiger partial charge in [-0.1, -0.05) is 29.8 Å². The van der Waals surface area contributed by atoms with Crippen molar-refractivity contribution in [2.75, 3.05) is 19.6 Å². The lowest BCUT2D eigenvalue weighted by atomic mass is 9.43. The number of carbonyl (C=O) groups excluding carboxylic acids is 1. The van der Waals surface area contributed by atoms with Gasteiger partial charge in [-0.3, -0.25) is 4.79 Å². The Morgan fingerprint density at radius 2 is 1.57 bits per heavy atom. The third kappa shape index (κ3) is 4.13. The molecule has 2 atom stereocenters. The van der Waals surface area contributed by atoms with Crippen molar-refractivity contribution in [1.29, 1.82) is 0 Å². The molecule has 1 saturated heterocycles. The Hall–Kier alpha value is -2.18. The van der Waals surface area contributed by atoms with Gasteiger partial charge in [0.15, 0.2) is 0 Å². The lowest BCUT2D eigenvalue weighted by molar-refractivity contribution is -0.0697. The lowest BCUT2D eigenvalue weighted by Gasteiger charge is -2.62. The van der Waals surface area contributed by atoms with Crippen LogP contribution in [0.4, 0.5) is 0 Å². The summed E-state index contributed by atoms with van der Waals surface area (Å²) in [5.41, 5.74) is 3.75. The van der Waals surface area contributed by atoms with Crippen molar-refractivity contribution in [3.63, 3.8) is 0 Å². The molecular weight excluding hydrogens is 456 g/mol. The molecule has 4 saturated carbocycles. The van der Waals surface area contributed by atoms with E-state index in [1.165, 1.54) is 43.2 Å². The SMILES string of the molecule is Cc1ccc(C23CC4CC(CC(CNC(=O)c5ccc(S(=O)(=O)N6CCCC6)cc5)(C4)C2)C3)cc1. The van der Waals surface area contributed by atoms with Crippen LogP contribution in [0.3, 0.4) is 0 Å². The average molecular weight is 493 g/mol. The zero-order valence-corrected chi connectivity index (χ0v) is 21.4. The van der Waals surface area contributed by atoms with Crippen LogP contribution in [0.1, 0.15) is 72.9 Å². The fraction of sp³-hybridized carbons (Fsp3) is 0.552. The maximum Gasteiger partial charge on any atom is 0.251 e. The van der Waals surface area contributed by atoms with E-state index in [2.05, 4.69) is 36.5 Å². The zero-order chi connectivity index (χ0) is 24.3. The second kappa shape index (κ2) is 8.45. The standard InChI is InChI=1S/C29H36N2O3S/c1-21-4-8-25(9-5-21)29-17-22-14-23(18-29)16-28(15-22,19-29)20-30-27(32)24-6-10-26(11-7-24)35(33,34)31-12-2-3-13-31/h4-11,22-23H,2-3,12-20H2,1H3,(H,30,32). The van der Waals surface area contributed by atoms with Gasteiger partial charge in [-0.2, -0.15) is 4.31 Å². The molecule has 4 aliphatic carbocycles. The number of nitrogens with one attached hydrogen (secondary N) is 1. The first-order chi connectivity index (χ1) is 16.8. The molecule has 1 aliphatic heterocycles. The van der Waals surface area contributed by atoms with Gasteiger partial charge in [0.2, 0.25) is 10.0 Å². The van der Waals surface area contributed by atoms with Crippen LogP contribution >= 0.6 is 0 Å². The molecule has 5 aliphatic rings. The van der Waals surface area contributed by atoms with Crippen molar-refractivity contribution < 1.29 is 13.2 Å². The largest absolute Gasteiger partial charge is 0.351 e. The summed E-state index contributed by atoms with van der Waals surface area (Å²) < 4.78 is 27.1. The molecule has 5 nitrogen and oxygen atoms in total. The first-order valence-corrected chi connectivity index (χ1v) is 14.7. The van der Waals surface area contributed by atoms with Gasteiger partial charge in [0, 0.05) is 25.2 Å². The highest BCUT2D eigenvalue weighted by Crippen LogP contribution is 2.65. The molecular formula is C29H36N2O3S. The minimum Gasteiger partial charge on any atom is -0.351 e. The van der Waals surface area contributed by atoms with Crippen molar-refractivity contribution in [2.45, 2.75) is 68.6 Å². The Kier molecular flexibility index (Phi) is 5.61. The van der Waals surface area contributed by atoms with Gasteiger partial charge >= 0.3 is 0 Å². The summed E-state index contributed by atoms with van der Waals surface area (Å²) in [7, 11) is -3.46. The molecule has 4 bridgehead atoms. The summed E-state index contributed by atoms with van der Waals surface area (Å²) in [6.07, 6.45) is 9.32. The van der Waals surface area contributed by atoms with Crippen LogP contribution in [0.15, 0.2) is 53.4 Å². The maximum absolute atomic E-state index is 13.1. The van der Waals surface area contributed by atoms with E-state index in [1.54, 1.807) is 28.6 Å². The average Bonchev–Trinajstić information content (AvgIpc) is 3.38. The number of benzene rings is 2. The van der Waals surface area contributed by atoms with Crippen molar-refractivity contribution in [1.82, 2.24) is 9.62 Å². The molecule has 5 fully saturated rings. The third-order valence-electron chi connectivity index (χ3n) is 9.29. The number of amides is 1. The number of nitrogens with zero attached hydrogens (tertiary/aromatic N) is 1. The molecule has 0 radical (unpaired) electrons. The molecule has 6 heteroatoms. The molecule has 2 unspecified atom stereocenters. The van der Waals surface area contributed by atoms with Crippen LogP contribution in [-0.4, -0.2) is 38.3 Å². The highest BCUT2D eigenvalue weighted by Gasteiger charge is 2.58. The quantitative estimate of drug-likeness (QED) is 0.614. The van der Waals surface area contributed by atoms with E-state index < -0.39 is 10.0 Å². The van der Waals surface area contributed by atoms with Gasteiger partial charge < -0.3 is 5.32 Å². The predicted molar refractivity (Wildman–Crippen MR) is 137 cm³/mol. The van der Waals surface area contributed by atoms with Crippen molar-refractivity contribution >= 4 is 15.9 Å². The monoisotopic (exact) mass is 492 g/mol. The third-order valence-corrected chi connectivity index (χ3v) is 11.2. The Morgan fingerprint density at radius 3 is 2.20 bits per heavy atom. The van der Waals surface area contributed by atoms with Gasteiger partial charge in [0.25, 0.3) is 5.91 Å². The summed E-state index contributed by atoms with van der Waals surface area (Å²) in [6.45, 7) is 4.02. The van der Waals surface area contributed by atoms with E-state index in [9.17, 15) is 13.2 Å². The molecule has 35 heavy (non-hydrogen) atoms. The number of rotatable bonds is 6. The molecule has 0 aromatic heterocycles. The van der Waals surface area contributed by atoms with E-state index in [4.69, 9.17) is 0 Å². The summed E-state index contributed by atoms with van der Waals surface area (Å²) in [6, 6.07) is 15.7. The summed E-state index contributed by atoms with van der Waals surface area (Å²) in [5, 5.41) is 3.25. The molecule has 0 spiro atoms. The van der Waals surface area contributed by atoms with Crippen LogP contribution in [0.2, 0.25) is 0 Å². The topological polar surface area (TPSA) is 66.5 Å². The first-order valence-electron chi connectivity index (χ1n) is 13.2. The smallest absolute Gasteiger partial charge is 0.251 e. The van der Waals surface area contributed by atoms with Gasteiger partial charge in [-0.05, 0) is 111 Å². The van der Waals surface area contributed by atoms with E-state index in [1.807, 2.05) is 0 Å². The molecule has 2 aromatic rings. The Balaban J connectivity index is 1.16. The predicted octanol–water partition coefficient (Wildman–Crippen LogP) is 5.05. The molecule has 186 valence electrons. The minimum absolute atomic E-state index is 0.102. The fourth-order valence-electron chi connectivity index (χ4n) is 8.13. The number of aryl methyl sites for hydroxylation is 1. The highest BCUT2D eigenvalue weighted by molar-refractivity contribution is 7.89. The number of sulfonamides is 1. The number of hydrogen-bond donors (Lipinski definition) is 1. The minimum atomic E-state index is -3.46. The fourth-order valence-corrected chi connectivity index (χ4v) is 9.65. The molecule has 7 rings (SSSR count). The van der Waals surface area contributed by atoms with Gasteiger partial charge in [0.05, 0.1) is 4.90 Å². The molecule has 1 N–H and O–H groups in total. The summed E-state index contributed by atoms with van der Waals surface area (Å²) in [5.74, 6) is 1.41. The van der Waals surface area contributed by atoms with E-state index in [0.717, 1.165) is 31.1 Å². The second-order valence-corrected chi connectivity index (χ2v) is 13.9. The number of carbonyl (C=O) groups is 1. The van der Waals surface area contributed by atoms with Gasteiger partial charge in [-0.15, -0.1) is 0 Å². The summed E-state index contributed by atoms with van der Waals surface area (Å²) in [4.78, 5) is 13.3. The normalized spacial score (nSPS) is 32.1. The lowest BCUT2D eigenvalue weighted by Crippen LogP contribution is -2.57. The second-order valence-electron chi connectivity index (χ2n) is 11.9. The molecule has 2 aromatic carbocycles. The van der Waals surface area contributed by atoms with E-state index in [-0.39, 0.29) is 21.6 Å². The highest BCUT2D eigenvalue weighted by atomic mass is 32.2. The van der Waals surface area contributed by atoms with Crippen LogP contribution < -0.4 is 5.32 Å². The Bertz CT molecular complexity index is 1200. The number of hydrogen-bond acceptors (Lipinski definition) is 3. The first kappa shape index (κ1) is 23.2. The van der Waals surface area contributed by atoms with Crippen LogP contribution in [0.5, 0.6) is 0 Å². The molecule has 1 heterocycles. The van der Waals surface area contributed by atoms with Crippen LogP contribution in [0.25, 0.3) is 0 Å². The molecule has 1 amide bonds. The zero-order valence-electron chi connectivity index (χ0n) is 20.6. The van der Waals surface area contributed by atoms with Gasteiger partial charge in [0.1, 0.15) is 0 Å². The summed E-state index contributed by atoms with van der Waals surface area (Å²) >= 11 is 0. The van der Waals surface area contributed by atoms with Gasteiger partial charge in [-0.25, -0.2) is 8.42 Å². The van der Waals surface area contributed by atoms with E-state index in [0.29, 0.717) is 25.2 Å². The van der Waals surface area contributed by atoms with Crippen LogP contribution in [-0.2, 0) is 15.4 Å². The van der Waals surface area contributed by atoms with E-state index >= 15 is 0 Å². The van der Waals surface area contributed by atoms with Crippen molar-refractivity contribution in [3.05, 3.63) is 65.2 Å². The van der Waals surface area contributed by atoms with Crippen molar-refractivity contribution in [3.8, 4) is 0 Å². The van der Waals surface area contributed by atoms with Crippen molar-refractivity contribution in [2.24, 2.45) is 17.3 Å². The Morgan fingerprint density at radius 1 is 0.943 bits per heavy atom.